The van der Waals surface area contributed by atoms with Crippen LogP contribution in [-0.2, 0) is 19.1 Å². The molecule has 2 aliphatic rings. The zero-order valence-electron chi connectivity index (χ0n) is 16.8. The van der Waals surface area contributed by atoms with E-state index in [2.05, 4.69) is 0 Å². The average molecular weight is 460 g/mol. The van der Waals surface area contributed by atoms with E-state index in [4.69, 9.17) is 27.9 Å². The third kappa shape index (κ3) is 4.84. The van der Waals surface area contributed by atoms with Crippen molar-refractivity contribution in [3.05, 3.63) is 69.7 Å². The molecule has 7 heteroatoms. The first-order chi connectivity index (χ1) is 15.0. The fraction of sp³-hybridized carbons (Fsp3) is 0.375. The summed E-state index contributed by atoms with van der Waals surface area (Å²) in [7, 11) is 0. The van der Waals surface area contributed by atoms with Gasteiger partial charge in [-0.3, -0.25) is 4.79 Å². The van der Waals surface area contributed by atoms with Crippen molar-refractivity contribution in [2.45, 2.75) is 37.5 Å². The summed E-state index contributed by atoms with van der Waals surface area (Å²) in [6, 6.07) is 14.3. The predicted molar refractivity (Wildman–Crippen MR) is 118 cm³/mol. The number of hydrogen-bond acceptors (Lipinski definition) is 4. The number of carbonyl (C=O) groups is 3. The highest BCUT2D eigenvalue weighted by Crippen LogP contribution is 2.45. The van der Waals surface area contributed by atoms with E-state index in [1.54, 1.807) is 18.2 Å². The van der Waals surface area contributed by atoms with Gasteiger partial charge < -0.3 is 19.2 Å². The van der Waals surface area contributed by atoms with E-state index in [9.17, 15) is 14.4 Å². The number of benzene rings is 2. The van der Waals surface area contributed by atoms with Crippen molar-refractivity contribution in [1.82, 2.24) is 4.90 Å². The molecule has 5 nitrogen and oxygen atoms in total. The number of amides is 1. The van der Waals surface area contributed by atoms with Gasteiger partial charge in [0.15, 0.2) is 0 Å². The van der Waals surface area contributed by atoms with Crippen LogP contribution in [0.3, 0.4) is 0 Å². The van der Waals surface area contributed by atoms with E-state index in [1.807, 2.05) is 35.2 Å². The normalized spacial score (nSPS) is 24.6. The number of hydrogen-bond donors (Lipinski definition) is 0. The summed E-state index contributed by atoms with van der Waals surface area (Å²) in [6.07, 6.45) is 1.80. The Balaban J connectivity index is 1.81. The van der Waals surface area contributed by atoms with Crippen molar-refractivity contribution in [3.63, 3.8) is 0 Å². The minimum absolute atomic E-state index is 0.0644. The molecule has 4 rings (SSSR count). The van der Waals surface area contributed by atoms with Crippen LogP contribution in [0.1, 0.15) is 42.5 Å². The summed E-state index contributed by atoms with van der Waals surface area (Å²) in [5, 5.41) is 1.16. The van der Waals surface area contributed by atoms with Crippen LogP contribution in [0.2, 0.25) is 10.0 Å². The molecule has 1 amide bonds. The Morgan fingerprint density at radius 3 is 2.39 bits per heavy atom. The maximum Gasteiger partial charge on any atom is 0.253 e. The second kappa shape index (κ2) is 9.51. The Kier molecular flexibility index (Phi) is 6.75. The third-order valence-corrected chi connectivity index (χ3v) is 6.40. The predicted octanol–water partition coefficient (Wildman–Crippen LogP) is 4.82. The summed E-state index contributed by atoms with van der Waals surface area (Å²) in [5.41, 5.74) is 1.70. The van der Waals surface area contributed by atoms with E-state index in [1.165, 1.54) is 0 Å². The molecule has 2 aromatic carbocycles. The molecule has 1 unspecified atom stereocenters. The fourth-order valence-electron chi connectivity index (χ4n) is 4.14. The lowest BCUT2D eigenvalue weighted by molar-refractivity contribution is -0.182. The Bertz CT molecular complexity index is 960. The number of aldehydes is 2. The minimum atomic E-state index is -1.02. The number of carbonyl (C=O) groups excluding carboxylic acids is 3. The maximum atomic E-state index is 13.5. The molecule has 1 aliphatic heterocycles. The van der Waals surface area contributed by atoms with Crippen LogP contribution in [-0.4, -0.2) is 36.0 Å². The molecule has 0 spiro atoms. The lowest BCUT2D eigenvalue weighted by atomic mass is 9.88. The molecular formula is C24H23Cl2NO4. The molecule has 0 bridgehead atoms. The molecule has 1 saturated heterocycles. The largest absolute Gasteiger partial charge is 0.357 e. The molecule has 1 aliphatic carbocycles. The average Bonchev–Trinajstić information content (AvgIpc) is 3.58. The maximum absolute atomic E-state index is 13.5. The zero-order chi connectivity index (χ0) is 22.0. The van der Waals surface area contributed by atoms with Gasteiger partial charge in [-0.15, -0.1) is 0 Å². The van der Waals surface area contributed by atoms with Gasteiger partial charge in [0, 0.05) is 23.0 Å². The molecule has 0 N–H and O–H groups in total. The molecule has 162 valence electrons. The van der Waals surface area contributed by atoms with Crippen LogP contribution in [0, 0.1) is 11.8 Å². The van der Waals surface area contributed by atoms with Gasteiger partial charge in [-0.25, -0.2) is 0 Å². The first-order valence-corrected chi connectivity index (χ1v) is 11.1. The van der Waals surface area contributed by atoms with E-state index < -0.39 is 24.2 Å². The summed E-state index contributed by atoms with van der Waals surface area (Å²) in [4.78, 5) is 38.2. The van der Waals surface area contributed by atoms with Crippen LogP contribution < -0.4 is 0 Å². The Morgan fingerprint density at radius 1 is 1.03 bits per heavy atom. The van der Waals surface area contributed by atoms with Crippen LogP contribution >= 0.6 is 23.2 Å². The van der Waals surface area contributed by atoms with Crippen LogP contribution in [0.4, 0.5) is 0 Å². The summed E-state index contributed by atoms with van der Waals surface area (Å²) < 4.78 is 6.30. The number of nitrogens with zero attached hydrogens (tertiary/aromatic N) is 1. The molecule has 4 atom stereocenters. The monoisotopic (exact) mass is 459 g/mol. The van der Waals surface area contributed by atoms with Crippen molar-refractivity contribution in [3.8, 4) is 0 Å². The molecule has 2 fully saturated rings. The standard InChI is InChI=1S/C24H23Cl2NO4/c25-19-8-6-16(7-9-19)21-22(17-2-1-3-20(26)12-17)31-23(18(14-29)10-11-28)24(30)27(21)13-15-4-5-15/h1-3,6-9,11-12,14-15,18,21-23H,4-5,10,13H2/t18?,21-,22+,23+/m0/s1. The van der Waals surface area contributed by atoms with Crippen LogP contribution in [0.25, 0.3) is 0 Å². The highest BCUT2D eigenvalue weighted by atomic mass is 35.5. The van der Waals surface area contributed by atoms with Gasteiger partial charge in [0.2, 0.25) is 0 Å². The summed E-state index contributed by atoms with van der Waals surface area (Å²) in [5.74, 6) is -0.665. The smallest absolute Gasteiger partial charge is 0.253 e. The van der Waals surface area contributed by atoms with Crippen LogP contribution in [0.15, 0.2) is 48.5 Å². The highest BCUT2D eigenvalue weighted by Gasteiger charge is 2.48. The van der Waals surface area contributed by atoms with Crippen molar-refractivity contribution in [1.29, 1.82) is 0 Å². The van der Waals surface area contributed by atoms with Gasteiger partial charge in [0.1, 0.15) is 24.8 Å². The van der Waals surface area contributed by atoms with Gasteiger partial charge in [-0.2, -0.15) is 0 Å². The lowest BCUT2D eigenvalue weighted by Crippen LogP contribution is -2.54. The quantitative estimate of drug-likeness (QED) is 0.530. The minimum Gasteiger partial charge on any atom is -0.357 e. The summed E-state index contributed by atoms with van der Waals surface area (Å²) in [6.45, 7) is 0.579. The van der Waals surface area contributed by atoms with Crippen molar-refractivity contribution >= 4 is 41.7 Å². The number of morpholine rings is 1. The number of rotatable bonds is 8. The van der Waals surface area contributed by atoms with Crippen molar-refractivity contribution < 1.29 is 19.1 Å². The first-order valence-electron chi connectivity index (χ1n) is 10.4. The van der Waals surface area contributed by atoms with Crippen molar-refractivity contribution in [2.75, 3.05) is 6.54 Å². The molecule has 0 aromatic heterocycles. The van der Waals surface area contributed by atoms with Gasteiger partial charge in [-0.1, -0.05) is 47.5 Å². The lowest BCUT2D eigenvalue weighted by Gasteiger charge is -2.46. The van der Waals surface area contributed by atoms with Gasteiger partial charge in [0.05, 0.1) is 12.0 Å². The molecule has 1 heterocycles. The third-order valence-electron chi connectivity index (χ3n) is 5.91. The number of halogens is 2. The molecule has 1 saturated carbocycles. The Labute approximate surface area is 191 Å². The zero-order valence-corrected chi connectivity index (χ0v) is 18.3. The van der Waals surface area contributed by atoms with Crippen molar-refractivity contribution in [2.24, 2.45) is 11.8 Å². The highest BCUT2D eigenvalue weighted by molar-refractivity contribution is 6.30. The molecule has 0 radical (unpaired) electrons. The molecule has 31 heavy (non-hydrogen) atoms. The molecular weight excluding hydrogens is 437 g/mol. The Hall–Kier alpha value is -2.21. The Morgan fingerprint density at radius 2 is 1.77 bits per heavy atom. The first kappa shape index (κ1) is 22.0. The van der Waals surface area contributed by atoms with E-state index in [0.29, 0.717) is 35.1 Å². The van der Waals surface area contributed by atoms with Gasteiger partial charge in [0.25, 0.3) is 5.91 Å². The van der Waals surface area contributed by atoms with E-state index in [0.717, 1.165) is 24.0 Å². The SMILES string of the molecule is O=CCC(C=O)[C@H]1O[C@H](c2cccc(Cl)c2)[C@H](c2ccc(Cl)cc2)N(CC2CC2)C1=O. The summed E-state index contributed by atoms with van der Waals surface area (Å²) >= 11 is 12.4. The van der Waals surface area contributed by atoms with Gasteiger partial charge in [-0.05, 0) is 54.2 Å². The second-order valence-electron chi connectivity index (χ2n) is 8.16. The van der Waals surface area contributed by atoms with Gasteiger partial charge >= 0.3 is 0 Å². The second-order valence-corrected chi connectivity index (χ2v) is 9.04. The topological polar surface area (TPSA) is 63.7 Å². The van der Waals surface area contributed by atoms with Crippen LogP contribution in [0.5, 0.6) is 0 Å². The van der Waals surface area contributed by atoms with E-state index >= 15 is 0 Å². The number of ether oxygens (including phenoxy) is 1. The molecule has 2 aromatic rings. The fourth-order valence-corrected chi connectivity index (χ4v) is 4.47. The van der Waals surface area contributed by atoms with E-state index in [-0.39, 0.29) is 12.3 Å².